The van der Waals surface area contributed by atoms with Gasteiger partial charge in [0.25, 0.3) is 5.91 Å². The second kappa shape index (κ2) is 8.93. The highest BCUT2D eigenvalue weighted by molar-refractivity contribution is 6.03. The van der Waals surface area contributed by atoms with E-state index in [1.54, 1.807) is 23.1 Å². The summed E-state index contributed by atoms with van der Waals surface area (Å²) in [6.45, 7) is 4.15. The van der Waals surface area contributed by atoms with Gasteiger partial charge in [0, 0.05) is 24.7 Å². The summed E-state index contributed by atoms with van der Waals surface area (Å²) in [5.74, 6) is -0.0139. The molecule has 1 aliphatic carbocycles. The number of carbonyl (C=O) groups is 2. The molecule has 5 rings (SSSR count). The first-order valence-corrected chi connectivity index (χ1v) is 12.3. The third-order valence-electron chi connectivity index (χ3n) is 7.40. The largest absolute Gasteiger partial charge is 0.460 e. The summed E-state index contributed by atoms with van der Waals surface area (Å²) in [4.78, 5) is 29.2. The molecule has 0 saturated heterocycles. The third-order valence-corrected chi connectivity index (χ3v) is 7.40. The highest BCUT2D eigenvalue weighted by atomic mass is 19.1. The van der Waals surface area contributed by atoms with E-state index >= 15 is 0 Å². The molecule has 2 aromatic heterocycles. The van der Waals surface area contributed by atoms with E-state index in [0.717, 1.165) is 37.0 Å². The zero-order valence-electron chi connectivity index (χ0n) is 19.9. The Kier molecular flexibility index (Phi) is 5.96. The van der Waals surface area contributed by atoms with Gasteiger partial charge < -0.3 is 19.2 Å². The Labute approximate surface area is 199 Å². The van der Waals surface area contributed by atoms with Gasteiger partial charge in [-0.05, 0) is 44.4 Å². The number of rotatable bonds is 4. The highest BCUT2D eigenvalue weighted by Gasteiger charge is 2.48. The smallest absolute Gasteiger partial charge is 0.271 e. The number of carbonyl (C=O) groups excluding carboxylic acids is 2. The van der Waals surface area contributed by atoms with E-state index in [0.29, 0.717) is 23.4 Å². The standard InChI is InChI=1S/C27H32FN3O3/c1-18-13-22-24(34-18)15-23-25(32)31(16-19-9-8-10-20(28)14-19)27(2,17-30(22)23)26(33)29-21-11-6-4-3-5-7-12-21/h8-10,13-15,21H,3-7,11-12,16-17H2,1-2H3,(H,29,33). The van der Waals surface area contributed by atoms with Crippen molar-refractivity contribution in [2.24, 2.45) is 0 Å². The van der Waals surface area contributed by atoms with E-state index in [4.69, 9.17) is 4.42 Å². The molecule has 7 heteroatoms. The molecule has 2 aliphatic rings. The van der Waals surface area contributed by atoms with Crippen LogP contribution in [0.5, 0.6) is 0 Å². The number of aryl methyl sites for hydroxylation is 1. The fraction of sp³-hybridized carbons (Fsp3) is 0.481. The first-order chi connectivity index (χ1) is 16.3. The molecule has 1 atom stereocenters. The maximum absolute atomic E-state index is 13.9. The number of hydrogen-bond acceptors (Lipinski definition) is 3. The van der Waals surface area contributed by atoms with Crippen molar-refractivity contribution in [1.82, 2.24) is 14.8 Å². The molecule has 2 amide bonds. The molecule has 180 valence electrons. The van der Waals surface area contributed by atoms with E-state index in [9.17, 15) is 14.0 Å². The monoisotopic (exact) mass is 465 g/mol. The van der Waals surface area contributed by atoms with Crippen molar-refractivity contribution >= 4 is 22.9 Å². The molecule has 1 saturated carbocycles. The average molecular weight is 466 g/mol. The normalized spacial score (nSPS) is 21.9. The topological polar surface area (TPSA) is 67.5 Å². The molecule has 1 unspecified atom stereocenters. The number of fused-ring (bicyclic) bond motifs is 3. The molecule has 1 fully saturated rings. The zero-order chi connectivity index (χ0) is 23.9. The Balaban J connectivity index is 1.51. The number of furan rings is 1. The summed E-state index contributed by atoms with van der Waals surface area (Å²) in [6, 6.07) is 9.97. The van der Waals surface area contributed by atoms with E-state index in [-0.39, 0.29) is 30.2 Å². The summed E-state index contributed by atoms with van der Waals surface area (Å²) in [5.41, 5.74) is 1.46. The van der Waals surface area contributed by atoms with Gasteiger partial charge in [0.05, 0.1) is 12.1 Å². The van der Waals surface area contributed by atoms with Crippen molar-refractivity contribution in [2.45, 2.75) is 83.5 Å². The van der Waals surface area contributed by atoms with Crippen LogP contribution in [0.1, 0.15) is 73.7 Å². The van der Waals surface area contributed by atoms with Crippen LogP contribution >= 0.6 is 0 Å². The maximum Gasteiger partial charge on any atom is 0.271 e. The Morgan fingerprint density at radius 1 is 1.15 bits per heavy atom. The van der Waals surface area contributed by atoms with Crippen LogP contribution < -0.4 is 5.32 Å². The number of aromatic nitrogens is 1. The lowest BCUT2D eigenvalue weighted by molar-refractivity contribution is -0.134. The minimum atomic E-state index is -1.13. The van der Waals surface area contributed by atoms with Gasteiger partial charge in [-0.3, -0.25) is 9.59 Å². The molecular formula is C27H32FN3O3. The minimum Gasteiger partial charge on any atom is -0.460 e. The molecular weight excluding hydrogens is 433 g/mol. The molecule has 1 aliphatic heterocycles. The van der Waals surface area contributed by atoms with Crippen LogP contribution in [0, 0.1) is 12.7 Å². The van der Waals surface area contributed by atoms with E-state index in [1.807, 2.05) is 24.5 Å². The molecule has 0 bridgehead atoms. The number of nitrogens with zero attached hydrogens (tertiary/aromatic N) is 2. The van der Waals surface area contributed by atoms with Gasteiger partial charge >= 0.3 is 0 Å². The van der Waals surface area contributed by atoms with Gasteiger partial charge in [0.1, 0.15) is 22.8 Å². The van der Waals surface area contributed by atoms with Crippen molar-refractivity contribution in [3.63, 3.8) is 0 Å². The number of halogens is 1. The molecule has 0 radical (unpaired) electrons. The van der Waals surface area contributed by atoms with Crippen LogP contribution in [0.2, 0.25) is 0 Å². The predicted octanol–water partition coefficient (Wildman–Crippen LogP) is 5.33. The molecule has 3 heterocycles. The fourth-order valence-corrected chi connectivity index (χ4v) is 5.47. The van der Waals surface area contributed by atoms with Crippen molar-refractivity contribution < 1.29 is 18.4 Å². The van der Waals surface area contributed by atoms with Crippen LogP contribution in [0.15, 0.2) is 40.8 Å². The van der Waals surface area contributed by atoms with Crippen molar-refractivity contribution in [3.8, 4) is 0 Å². The Hall–Kier alpha value is -3.09. The second-order valence-electron chi connectivity index (χ2n) is 10.0. The van der Waals surface area contributed by atoms with Gasteiger partial charge in [-0.1, -0.05) is 44.2 Å². The Morgan fingerprint density at radius 3 is 2.62 bits per heavy atom. The summed E-state index contributed by atoms with van der Waals surface area (Å²) < 4.78 is 21.6. The summed E-state index contributed by atoms with van der Waals surface area (Å²) in [5, 5.41) is 3.28. The van der Waals surface area contributed by atoms with Gasteiger partial charge in [-0.15, -0.1) is 0 Å². The molecule has 6 nitrogen and oxygen atoms in total. The first kappa shape index (κ1) is 22.7. The molecule has 0 spiro atoms. The van der Waals surface area contributed by atoms with Gasteiger partial charge in [-0.25, -0.2) is 4.39 Å². The SMILES string of the molecule is Cc1cc2c(cc3n2CC(C)(C(=O)NC2CCCCCCC2)N(Cc2cccc(F)c2)C3=O)o1. The number of hydrogen-bond donors (Lipinski definition) is 1. The molecule has 3 aromatic rings. The van der Waals surface area contributed by atoms with Crippen molar-refractivity contribution in [2.75, 3.05) is 0 Å². The predicted molar refractivity (Wildman–Crippen MR) is 128 cm³/mol. The minimum absolute atomic E-state index is 0.109. The highest BCUT2D eigenvalue weighted by Crippen LogP contribution is 2.35. The van der Waals surface area contributed by atoms with Crippen molar-refractivity contribution in [3.05, 3.63) is 59.2 Å². The quantitative estimate of drug-likeness (QED) is 0.567. The molecule has 1 aromatic carbocycles. The third kappa shape index (κ3) is 4.12. The Morgan fingerprint density at radius 2 is 1.88 bits per heavy atom. The second-order valence-corrected chi connectivity index (χ2v) is 10.0. The number of amides is 2. The summed E-state index contributed by atoms with van der Waals surface area (Å²) >= 11 is 0. The summed E-state index contributed by atoms with van der Waals surface area (Å²) in [6.07, 6.45) is 7.76. The Bertz CT molecular complexity index is 1220. The van der Waals surface area contributed by atoms with Crippen molar-refractivity contribution in [1.29, 1.82) is 0 Å². The van der Waals surface area contributed by atoms with E-state index in [1.165, 1.54) is 31.4 Å². The van der Waals surface area contributed by atoms with Gasteiger partial charge in [0.2, 0.25) is 5.91 Å². The van der Waals surface area contributed by atoms with E-state index < -0.39 is 5.54 Å². The molecule has 34 heavy (non-hydrogen) atoms. The van der Waals surface area contributed by atoms with Gasteiger partial charge in [-0.2, -0.15) is 0 Å². The van der Waals surface area contributed by atoms with Crippen LogP contribution in [-0.2, 0) is 17.9 Å². The first-order valence-electron chi connectivity index (χ1n) is 12.3. The zero-order valence-corrected chi connectivity index (χ0v) is 19.9. The lowest BCUT2D eigenvalue weighted by Gasteiger charge is -2.44. The summed E-state index contributed by atoms with van der Waals surface area (Å²) in [7, 11) is 0. The fourth-order valence-electron chi connectivity index (χ4n) is 5.47. The van der Waals surface area contributed by atoms with Crippen LogP contribution in [0.4, 0.5) is 4.39 Å². The van der Waals surface area contributed by atoms with E-state index in [2.05, 4.69) is 5.32 Å². The number of benzene rings is 1. The van der Waals surface area contributed by atoms with Crippen LogP contribution in [0.25, 0.3) is 11.1 Å². The number of nitrogens with one attached hydrogen (secondary N) is 1. The van der Waals surface area contributed by atoms with Crippen LogP contribution in [0.3, 0.4) is 0 Å². The average Bonchev–Trinajstić information content (AvgIpc) is 3.29. The lowest BCUT2D eigenvalue weighted by atomic mass is 9.91. The molecule has 1 N–H and O–H groups in total. The maximum atomic E-state index is 13.9. The van der Waals surface area contributed by atoms with Crippen LogP contribution in [-0.4, -0.2) is 32.9 Å². The lowest BCUT2D eigenvalue weighted by Crippen LogP contribution is -2.64. The van der Waals surface area contributed by atoms with Gasteiger partial charge in [0.15, 0.2) is 5.58 Å².